The minimum Gasteiger partial charge on any atom is -0.507 e. The Hall–Kier alpha value is -2.43. The molecule has 0 aliphatic carbocycles. The van der Waals surface area contributed by atoms with Gasteiger partial charge >= 0.3 is 5.97 Å². The Labute approximate surface area is 101 Å². The van der Waals surface area contributed by atoms with Gasteiger partial charge in [-0.05, 0) is 30.3 Å². The van der Waals surface area contributed by atoms with Crippen LogP contribution in [0.4, 0.5) is 8.78 Å². The van der Waals surface area contributed by atoms with Crippen molar-refractivity contribution in [2.45, 2.75) is 0 Å². The quantitative estimate of drug-likeness (QED) is 0.861. The van der Waals surface area contributed by atoms with Gasteiger partial charge in [0.25, 0.3) is 0 Å². The fourth-order valence-electron chi connectivity index (χ4n) is 1.65. The van der Waals surface area contributed by atoms with Gasteiger partial charge in [0.2, 0.25) is 0 Å². The first-order chi connectivity index (χ1) is 8.49. The van der Waals surface area contributed by atoms with Crippen LogP contribution in [0.1, 0.15) is 10.4 Å². The van der Waals surface area contributed by atoms with Crippen molar-refractivity contribution in [2.24, 2.45) is 0 Å². The van der Waals surface area contributed by atoms with E-state index in [4.69, 9.17) is 5.11 Å². The van der Waals surface area contributed by atoms with Crippen molar-refractivity contribution in [1.29, 1.82) is 0 Å². The molecule has 0 aliphatic rings. The maximum atomic E-state index is 13.1. The molecule has 92 valence electrons. The Morgan fingerprint density at radius 3 is 2.22 bits per heavy atom. The van der Waals surface area contributed by atoms with Gasteiger partial charge in [-0.25, -0.2) is 13.6 Å². The van der Waals surface area contributed by atoms with Crippen molar-refractivity contribution in [3.05, 3.63) is 53.6 Å². The monoisotopic (exact) mass is 250 g/mol. The predicted molar refractivity (Wildman–Crippen MR) is 60.4 cm³/mol. The molecule has 0 unspecified atom stereocenters. The number of rotatable bonds is 2. The zero-order valence-corrected chi connectivity index (χ0v) is 9.02. The van der Waals surface area contributed by atoms with Crippen LogP contribution in [-0.4, -0.2) is 16.2 Å². The second kappa shape index (κ2) is 4.44. The van der Waals surface area contributed by atoms with E-state index in [0.717, 1.165) is 30.3 Å². The highest BCUT2D eigenvalue weighted by Crippen LogP contribution is 2.32. The second-order valence-corrected chi connectivity index (χ2v) is 3.66. The van der Waals surface area contributed by atoms with Crippen molar-refractivity contribution in [1.82, 2.24) is 0 Å². The summed E-state index contributed by atoms with van der Waals surface area (Å²) in [4.78, 5) is 11.0. The van der Waals surface area contributed by atoms with Gasteiger partial charge in [-0.2, -0.15) is 0 Å². The molecule has 0 bridgehead atoms. The molecule has 2 aromatic rings. The molecular weight excluding hydrogens is 242 g/mol. The number of aromatic carboxylic acids is 1. The summed E-state index contributed by atoms with van der Waals surface area (Å²) in [6, 6.07) is 6.21. The number of carboxylic acids is 1. The van der Waals surface area contributed by atoms with Crippen molar-refractivity contribution in [3.63, 3.8) is 0 Å². The molecule has 0 heterocycles. The fraction of sp³-hybridized carbons (Fsp3) is 0. The highest BCUT2D eigenvalue weighted by molar-refractivity contribution is 5.96. The third kappa shape index (κ3) is 2.15. The summed E-state index contributed by atoms with van der Waals surface area (Å²) >= 11 is 0. The lowest BCUT2D eigenvalue weighted by atomic mass is 9.98. The molecule has 0 amide bonds. The number of hydrogen-bond acceptors (Lipinski definition) is 2. The summed E-state index contributed by atoms with van der Waals surface area (Å²) < 4.78 is 26.1. The first-order valence-electron chi connectivity index (χ1n) is 5.01. The molecule has 0 saturated heterocycles. The number of carbonyl (C=O) groups is 1. The lowest BCUT2D eigenvalue weighted by Crippen LogP contribution is -2.00. The third-order valence-electron chi connectivity index (χ3n) is 2.46. The Kier molecular flexibility index (Phi) is 2.97. The number of hydrogen-bond donors (Lipinski definition) is 2. The number of halogens is 2. The van der Waals surface area contributed by atoms with Gasteiger partial charge in [-0.3, -0.25) is 0 Å². The van der Waals surface area contributed by atoms with Crippen LogP contribution in [0.5, 0.6) is 5.75 Å². The van der Waals surface area contributed by atoms with E-state index >= 15 is 0 Å². The van der Waals surface area contributed by atoms with E-state index in [9.17, 15) is 18.7 Å². The van der Waals surface area contributed by atoms with Gasteiger partial charge in [-0.1, -0.05) is 6.07 Å². The molecule has 0 radical (unpaired) electrons. The number of phenolic OH excluding ortho intramolecular Hbond substituents is 1. The SMILES string of the molecule is O=C(O)c1cc(F)ccc1-c1cc(F)ccc1O. The van der Waals surface area contributed by atoms with E-state index in [0.29, 0.717) is 0 Å². The minimum absolute atomic E-state index is 0.00685. The molecule has 0 saturated carbocycles. The average Bonchev–Trinajstić information content (AvgIpc) is 2.32. The summed E-state index contributed by atoms with van der Waals surface area (Å²) in [6.07, 6.45) is 0. The van der Waals surface area contributed by atoms with E-state index < -0.39 is 17.6 Å². The zero-order valence-electron chi connectivity index (χ0n) is 9.02. The summed E-state index contributed by atoms with van der Waals surface area (Å²) in [5.41, 5.74) is -0.274. The van der Waals surface area contributed by atoms with Crippen LogP contribution in [0.3, 0.4) is 0 Å². The Bertz CT molecular complexity index is 624. The van der Waals surface area contributed by atoms with E-state index in [1.165, 1.54) is 6.07 Å². The lowest BCUT2D eigenvalue weighted by Gasteiger charge is -2.08. The number of phenols is 1. The van der Waals surface area contributed by atoms with Crippen LogP contribution in [0.2, 0.25) is 0 Å². The molecule has 2 aromatic carbocycles. The van der Waals surface area contributed by atoms with Crippen molar-refractivity contribution in [3.8, 4) is 16.9 Å². The first kappa shape index (κ1) is 12.0. The summed E-state index contributed by atoms with van der Waals surface area (Å²) in [7, 11) is 0. The molecule has 0 spiro atoms. The van der Waals surface area contributed by atoms with Gasteiger partial charge in [0.1, 0.15) is 17.4 Å². The predicted octanol–water partition coefficient (Wildman–Crippen LogP) is 3.04. The molecular formula is C13H8F2O3. The minimum atomic E-state index is -1.35. The highest BCUT2D eigenvalue weighted by Gasteiger charge is 2.16. The highest BCUT2D eigenvalue weighted by atomic mass is 19.1. The molecule has 0 aromatic heterocycles. The van der Waals surface area contributed by atoms with Crippen molar-refractivity contribution < 1.29 is 23.8 Å². The van der Waals surface area contributed by atoms with Crippen LogP contribution in [-0.2, 0) is 0 Å². The smallest absolute Gasteiger partial charge is 0.336 e. The maximum absolute atomic E-state index is 13.1. The summed E-state index contributed by atoms with van der Waals surface area (Å²) in [6.45, 7) is 0. The maximum Gasteiger partial charge on any atom is 0.336 e. The standard InChI is InChI=1S/C13H8F2O3/c14-7-1-3-9(11(6-7)13(17)18)10-5-8(15)2-4-12(10)16/h1-6,16H,(H,17,18). The first-order valence-corrected chi connectivity index (χ1v) is 5.01. The van der Waals surface area contributed by atoms with Crippen LogP contribution in [0, 0.1) is 11.6 Å². The van der Waals surface area contributed by atoms with E-state index in [1.807, 2.05) is 0 Å². The van der Waals surface area contributed by atoms with E-state index in [1.54, 1.807) is 0 Å². The largest absolute Gasteiger partial charge is 0.507 e. The zero-order chi connectivity index (χ0) is 13.3. The molecule has 2 N–H and O–H groups in total. The molecule has 0 atom stereocenters. The lowest BCUT2D eigenvalue weighted by molar-refractivity contribution is 0.0697. The third-order valence-corrected chi connectivity index (χ3v) is 2.46. The Morgan fingerprint density at radius 2 is 1.56 bits per heavy atom. The Morgan fingerprint density at radius 1 is 0.944 bits per heavy atom. The van der Waals surface area contributed by atoms with Crippen LogP contribution in [0.25, 0.3) is 11.1 Å². The van der Waals surface area contributed by atoms with Crippen LogP contribution in [0.15, 0.2) is 36.4 Å². The molecule has 0 fully saturated rings. The van der Waals surface area contributed by atoms with Crippen LogP contribution >= 0.6 is 0 Å². The second-order valence-electron chi connectivity index (χ2n) is 3.66. The number of carboxylic acid groups (broad SMARTS) is 1. The number of aromatic hydroxyl groups is 1. The normalized spacial score (nSPS) is 10.3. The number of benzene rings is 2. The summed E-state index contributed by atoms with van der Waals surface area (Å²) in [5.74, 6) is -2.96. The van der Waals surface area contributed by atoms with Crippen molar-refractivity contribution in [2.75, 3.05) is 0 Å². The van der Waals surface area contributed by atoms with Gasteiger partial charge < -0.3 is 10.2 Å². The van der Waals surface area contributed by atoms with E-state index in [2.05, 4.69) is 0 Å². The molecule has 0 aliphatic heterocycles. The van der Waals surface area contributed by atoms with Crippen molar-refractivity contribution >= 4 is 5.97 Å². The topological polar surface area (TPSA) is 57.5 Å². The van der Waals surface area contributed by atoms with Gasteiger partial charge in [-0.15, -0.1) is 0 Å². The summed E-state index contributed by atoms with van der Waals surface area (Å²) in [5, 5.41) is 18.6. The van der Waals surface area contributed by atoms with Gasteiger partial charge in [0.05, 0.1) is 5.56 Å². The molecule has 18 heavy (non-hydrogen) atoms. The molecule has 3 nitrogen and oxygen atoms in total. The molecule has 2 rings (SSSR count). The van der Waals surface area contributed by atoms with Crippen LogP contribution < -0.4 is 0 Å². The fourth-order valence-corrected chi connectivity index (χ4v) is 1.65. The Balaban J connectivity index is 2.70. The molecule has 5 heteroatoms. The van der Waals surface area contributed by atoms with Gasteiger partial charge in [0.15, 0.2) is 0 Å². The van der Waals surface area contributed by atoms with E-state index in [-0.39, 0.29) is 22.4 Å². The average molecular weight is 250 g/mol. The van der Waals surface area contributed by atoms with Gasteiger partial charge in [0, 0.05) is 11.1 Å².